The van der Waals surface area contributed by atoms with Crippen LogP contribution in [-0.4, -0.2) is 30.4 Å². The van der Waals surface area contributed by atoms with Crippen molar-refractivity contribution in [1.29, 1.82) is 0 Å². The number of aryl methyl sites for hydroxylation is 2. The molecule has 19 heavy (non-hydrogen) atoms. The highest BCUT2D eigenvalue weighted by Crippen LogP contribution is 2.22. The van der Waals surface area contributed by atoms with Crippen LogP contribution in [0.3, 0.4) is 0 Å². The first-order chi connectivity index (χ1) is 9.04. The summed E-state index contributed by atoms with van der Waals surface area (Å²) < 4.78 is 5.69. The second-order valence-electron chi connectivity index (χ2n) is 4.90. The van der Waals surface area contributed by atoms with Crippen LogP contribution in [0.1, 0.15) is 24.5 Å². The Morgan fingerprint density at radius 2 is 2.00 bits per heavy atom. The van der Waals surface area contributed by atoms with Crippen LogP contribution in [0.2, 0.25) is 0 Å². The summed E-state index contributed by atoms with van der Waals surface area (Å²) in [7, 11) is 0. The molecule has 0 aromatic heterocycles. The smallest absolute Gasteiger partial charge is 0.125 e. The van der Waals surface area contributed by atoms with Crippen LogP contribution in [0.4, 0.5) is 0 Å². The van der Waals surface area contributed by atoms with Crippen molar-refractivity contribution in [3.05, 3.63) is 29.3 Å². The molecule has 3 nitrogen and oxygen atoms in total. The number of ether oxygens (including phenoxy) is 1. The van der Waals surface area contributed by atoms with Crippen LogP contribution in [0.15, 0.2) is 18.2 Å². The fourth-order valence-corrected chi connectivity index (χ4v) is 1.85. The van der Waals surface area contributed by atoms with Crippen molar-refractivity contribution in [3.8, 4) is 18.1 Å². The first kappa shape index (κ1) is 15.6. The summed E-state index contributed by atoms with van der Waals surface area (Å²) in [4.78, 5) is 0. The monoisotopic (exact) mass is 261 g/mol. The second-order valence-corrected chi connectivity index (χ2v) is 4.90. The van der Waals surface area contributed by atoms with E-state index in [0.717, 1.165) is 16.9 Å². The van der Waals surface area contributed by atoms with Crippen molar-refractivity contribution in [2.45, 2.75) is 39.3 Å². The molecular weight excluding hydrogens is 238 g/mol. The SMILES string of the molecule is C#CCC(C)NCC(O)COc1c(C)cccc1C. The highest BCUT2D eigenvalue weighted by molar-refractivity contribution is 5.39. The molecule has 3 heteroatoms. The van der Waals surface area contributed by atoms with Crippen molar-refractivity contribution in [2.24, 2.45) is 0 Å². The van der Waals surface area contributed by atoms with Crippen molar-refractivity contribution >= 4 is 0 Å². The maximum absolute atomic E-state index is 9.87. The molecule has 0 heterocycles. The van der Waals surface area contributed by atoms with Crippen LogP contribution < -0.4 is 10.1 Å². The van der Waals surface area contributed by atoms with E-state index < -0.39 is 6.10 Å². The fourth-order valence-electron chi connectivity index (χ4n) is 1.85. The van der Waals surface area contributed by atoms with Gasteiger partial charge in [0.1, 0.15) is 18.5 Å². The summed E-state index contributed by atoms with van der Waals surface area (Å²) in [5.41, 5.74) is 2.17. The average molecular weight is 261 g/mol. The molecule has 0 saturated heterocycles. The summed E-state index contributed by atoms with van der Waals surface area (Å²) in [5, 5.41) is 13.0. The van der Waals surface area contributed by atoms with E-state index in [2.05, 4.69) is 11.2 Å². The molecule has 2 N–H and O–H groups in total. The third-order valence-corrected chi connectivity index (χ3v) is 2.95. The van der Waals surface area contributed by atoms with Crippen molar-refractivity contribution in [2.75, 3.05) is 13.2 Å². The van der Waals surface area contributed by atoms with Gasteiger partial charge in [0.05, 0.1) is 0 Å². The molecule has 1 aromatic rings. The van der Waals surface area contributed by atoms with E-state index in [4.69, 9.17) is 11.2 Å². The molecule has 104 valence electrons. The van der Waals surface area contributed by atoms with Gasteiger partial charge in [-0.3, -0.25) is 0 Å². The van der Waals surface area contributed by atoms with E-state index in [0.29, 0.717) is 13.0 Å². The Morgan fingerprint density at radius 3 is 2.58 bits per heavy atom. The van der Waals surface area contributed by atoms with Gasteiger partial charge >= 0.3 is 0 Å². The maximum Gasteiger partial charge on any atom is 0.125 e. The Balaban J connectivity index is 2.38. The topological polar surface area (TPSA) is 41.5 Å². The van der Waals surface area contributed by atoms with E-state index in [1.807, 2.05) is 39.0 Å². The Morgan fingerprint density at radius 1 is 1.37 bits per heavy atom. The predicted molar refractivity (Wildman–Crippen MR) is 78.3 cm³/mol. The van der Waals surface area contributed by atoms with Gasteiger partial charge in [-0.1, -0.05) is 18.2 Å². The van der Waals surface area contributed by atoms with Crippen molar-refractivity contribution < 1.29 is 9.84 Å². The molecular formula is C16H23NO2. The van der Waals surface area contributed by atoms with Gasteiger partial charge in [0.15, 0.2) is 0 Å². The average Bonchev–Trinajstić information content (AvgIpc) is 2.36. The normalized spacial score (nSPS) is 13.6. The van der Waals surface area contributed by atoms with E-state index in [1.165, 1.54) is 0 Å². The molecule has 0 aliphatic heterocycles. The third-order valence-electron chi connectivity index (χ3n) is 2.95. The lowest BCUT2D eigenvalue weighted by molar-refractivity contribution is 0.103. The van der Waals surface area contributed by atoms with Crippen LogP contribution in [0.25, 0.3) is 0 Å². The Kier molecular flexibility index (Phi) is 6.41. The molecule has 0 aliphatic rings. The van der Waals surface area contributed by atoms with Crippen LogP contribution in [0.5, 0.6) is 5.75 Å². The third kappa shape index (κ3) is 5.34. The Bertz CT molecular complexity index is 417. The van der Waals surface area contributed by atoms with Gasteiger partial charge in [0.25, 0.3) is 0 Å². The summed E-state index contributed by atoms with van der Waals surface area (Å²) >= 11 is 0. The van der Waals surface area contributed by atoms with E-state index in [9.17, 15) is 5.11 Å². The van der Waals surface area contributed by atoms with Crippen molar-refractivity contribution in [3.63, 3.8) is 0 Å². The number of hydrogen-bond donors (Lipinski definition) is 2. The lowest BCUT2D eigenvalue weighted by atomic mass is 10.1. The molecule has 0 saturated carbocycles. The number of hydrogen-bond acceptors (Lipinski definition) is 3. The van der Waals surface area contributed by atoms with Crippen molar-refractivity contribution in [1.82, 2.24) is 5.32 Å². The molecule has 1 aromatic carbocycles. The lowest BCUT2D eigenvalue weighted by Gasteiger charge is -2.18. The highest BCUT2D eigenvalue weighted by Gasteiger charge is 2.09. The fraction of sp³-hybridized carbons (Fsp3) is 0.500. The summed E-state index contributed by atoms with van der Waals surface area (Å²) in [6, 6.07) is 6.21. The van der Waals surface area contributed by atoms with Gasteiger partial charge in [-0.2, -0.15) is 0 Å². The molecule has 0 aliphatic carbocycles. The van der Waals surface area contributed by atoms with Gasteiger partial charge < -0.3 is 15.2 Å². The molecule has 0 amide bonds. The van der Waals surface area contributed by atoms with Crippen LogP contribution in [0, 0.1) is 26.2 Å². The zero-order valence-electron chi connectivity index (χ0n) is 11.9. The summed E-state index contributed by atoms with van der Waals surface area (Å²) in [5.74, 6) is 3.45. The first-order valence-corrected chi connectivity index (χ1v) is 6.58. The number of rotatable bonds is 7. The minimum atomic E-state index is -0.542. The van der Waals surface area contributed by atoms with E-state index in [-0.39, 0.29) is 12.6 Å². The van der Waals surface area contributed by atoms with Gasteiger partial charge in [-0.25, -0.2) is 0 Å². The Hall–Kier alpha value is -1.50. The number of aliphatic hydroxyl groups excluding tert-OH is 1. The standard InChI is InChI=1S/C16H23NO2/c1-5-7-14(4)17-10-15(18)11-19-16-12(2)8-6-9-13(16)3/h1,6,8-9,14-15,17-18H,7,10-11H2,2-4H3. The highest BCUT2D eigenvalue weighted by atomic mass is 16.5. The van der Waals surface area contributed by atoms with Gasteiger partial charge in [0.2, 0.25) is 0 Å². The van der Waals surface area contributed by atoms with Gasteiger partial charge in [-0.05, 0) is 31.9 Å². The quantitative estimate of drug-likeness (QED) is 0.738. The molecule has 2 atom stereocenters. The largest absolute Gasteiger partial charge is 0.490 e. The zero-order chi connectivity index (χ0) is 14.3. The number of terminal acetylenes is 1. The molecule has 0 bridgehead atoms. The summed E-state index contributed by atoms with van der Waals surface area (Å²) in [6.07, 6.45) is 5.34. The van der Waals surface area contributed by atoms with E-state index >= 15 is 0 Å². The molecule has 0 radical (unpaired) electrons. The minimum absolute atomic E-state index is 0.208. The molecule has 2 unspecified atom stereocenters. The molecule has 0 spiro atoms. The van der Waals surface area contributed by atoms with Gasteiger partial charge in [0, 0.05) is 19.0 Å². The van der Waals surface area contributed by atoms with Crippen LogP contribution >= 0.6 is 0 Å². The summed E-state index contributed by atoms with van der Waals surface area (Å²) in [6.45, 7) is 6.76. The number of nitrogens with one attached hydrogen (secondary N) is 1. The first-order valence-electron chi connectivity index (χ1n) is 6.58. The van der Waals surface area contributed by atoms with Gasteiger partial charge in [-0.15, -0.1) is 12.3 Å². The number of para-hydroxylation sites is 1. The molecule has 1 rings (SSSR count). The van der Waals surface area contributed by atoms with Crippen LogP contribution in [-0.2, 0) is 0 Å². The minimum Gasteiger partial charge on any atom is -0.490 e. The maximum atomic E-state index is 9.87. The lowest BCUT2D eigenvalue weighted by Crippen LogP contribution is -2.36. The zero-order valence-corrected chi connectivity index (χ0v) is 11.9. The van der Waals surface area contributed by atoms with E-state index in [1.54, 1.807) is 0 Å². The molecule has 0 fully saturated rings. The Labute approximate surface area is 116 Å². The predicted octanol–water partition coefficient (Wildman–Crippen LogP) is 2.04. The second kappa shape index (κ2) is 7.83. The number of aliphatic hydroxyl groups is 1. The number of benzene rings is 1.